The van der Waals surface area contributed by atoms with Gasteiger partial charge in [-0.25, -0.2) is 9.37 Å². The summed E-state index contributed by atoms with van der Waals surface area (Å²) in [5.74, 6) is -0.585. The van der Waals surface area contributed by atoms with Gasteiger partial charge in [0, 0.05) is 30.8 Å². The largest absolute Gasteiger partial charge is 0.461 e. The molecule has 3 heterocycles. The van der Waals surface area contributed by atoms with E-state index in [2.05, 4.69) is 9.97 Å². The molecule has 0 unspecified atom stereocenters. The average molecular weight is 393 g/mol. The standard InChI is InChI=1S/C19H15F4N3O2/c20-16-11(3-1-4-13(16)19(21,22)23)9-26-7-6-12-14(10-26)24-17(25-18(12)27)15-5-2-8-28-15/h1-5,8H,6-7,9-10H2,(H,24,25,27). The van der Waals surface area contributed by atoms with Gasteiger partial charge in [0.25, 0.3) is 5.56 Å². The zero-order valence-electron chi connectivity index (χ0n) is 14.5. The molecule has 4 rings (SSSR count). The highest BCUT2D eigenvalue weighted by Crippen LogP contribution is 2.33. The molecule has 0 aliphatic carbocycles. The first-order valence-electron chi connectivity index (χ1n) is 8.56. The molecule has 0 amide bonds. The van der Waals surface area contributed by atoms with Crippen LogP contribution in [0.4, 0.5) is 17.6 Å². The number of aromatic amines is 1. The smallest absolute Gasteiger partial charge is 0.419 e. The van der Waals surface area contributed by atoms with E-state index in [0.717, 1.165) is 6.07 Å². The van der Waals surface area contributed by atoms with E-state index in [1.54, 1.807) is 17.0 Å². The Morgan fingerprint density at radius 1 is 1.21 bits per heavy atom. The first kappa shape index (κ1) is 18.4. The van der Waals surface area contributed by atoms with Gasteiger partial charge in [0.05, 0.1) is 17.5 Å². The highest BCUT2D eigenvalue weighted by atomic mass is 19.4. The van der Waals surface area contributed by atoms with Crippen LogP contribution in [0.15, 0.2) is 45.8 Å². The van der Waals surface area contributed by atoms with Gasteiger partial charge in [0.2, 0.25) is 0 Å². The molecular formula is C19H15F4N3O2. The fourth-order valence-electron chi connectivity index (χ4n) is 3.32. The van der Waals surface area contributed by atoms with E-state index in [-0.39, 0.29) is 30.0 Å². The Morgan fingerprint density at radius 3 is 2.75 bits per heavy atom. The minimum absolute atomic E-state index is 0.0141. The van der Waals surface area contributed by atoms with Crippen molar-refractivity contribution in [2.24, 2.45) is 0 Å². The van der Waals surface area contributed by atoms with Gasteiger partial charge in [-0.15, -0.1) is 0 Å². The monoisotopic (exact) mass is 393 g/mol. The van der Waals surface area contributed by atoms with E-state index in [4.69, 9.17) is 4.42 Å². The van der Waals surface area contributed by atoms with Crippen LogP contribution in [0.3, 0.4) is 0 Å². The molecule has 28 heavy (non-hydrogen) atoms. The van der Waals surface area contributed by atoms with E-state index >= 15 is 0 Å². The van der Waals surface area contributed by atoms with Gasteiger partial charge in [-0.05, 0) is 24.6 Å². The molecule has 1 aromatic carbocycles. The topological polar surface area (TPSA) is 62.1 Å². The lowest BCUT2D eigenvalue weighted by atomic mass is 10.0. The number of nitrogens with zero attached hydrogens (tertiary/aromatic N) is 2. The maximum Gasteiger partial charge on any atom is 0.419 e. The summed E-state index contributed by atoms with van der Waals surface area (Å²) >= 11 is 0. The maximum atomic E-state index is 14.3. The minimum Gasteiger partial charge on any atom is -0.461 e. The van der Waals surface area contributed by atoms with Crippen molar-refractivity contribution in [1.29, 1.82) is 0 Å². The highest BCUT2D eigenvalue weighted by molar-refractivity contribution is 5.47. The van der Waals surface area contributed by atoms with Gasteiger partial charge in [0.1, 0.15) is 5.82 Å². The summed E-state index contributed by atoms with van der Waals surface area (Å²) in [6.07, 6.45) is -2.92. The summed E-state index contributed by atoms with van der Waals surface area (Å²) in [6, 6.07) is 6.57. The Morgan fingerprint density at radius 2 is 2.04 bits per heavy atom. The van der Waals surface area contributed by atoms with Crippen molar-refractivity contribution in [2.75, 3.05) is 6.54 Å². The molecule has 5 nitrogen and oxygen atoms in total. The van der Waals surface area contributed by atoms with E-state index < -0.39 is 17.6 Å². The molecular weight excluding hydrogens is 378 g/mol. The summed E-state index contributed by atoms with van der Waals surface area (Å²) in [6.45, 7) is 0.621. The summed E-state index contributed by atoms with van der Waals surface area (Å²) < 4.78 is 58.3. The second-order valence-corrected chi connectivity index (χ2v) is 6.55. The number of fused-ring (bicyclic) bond motifs is 1. The lowest BCUT2D eigenvalue weighted by Gasteiger charge is -2.28. The zero-order valence-corrected chi connectivity index (χ0v) is 14.5. The molecule has 0 saturated heterocycles. The highest BCUT2D eigenvalue weighted by Gasteiger charge is 2.35. The number of aromatic nitrogens is 2. The second-order valence-electron chi connectivity index (χ2n) is 6.55. The number of hydrogen-bond acceptors (Lipinski definition) is 4. The molecule has 0 saturated carbocycles. The van der Waals surface area contributed by atoms with Crippen LogP contribution < -0.4 is 5.56 Å². The number of rotatable bonds is 3. The number of halogens is 4. The molecule has 3 aromatic rings. The Labute approximate surface area is 156 Å². The van der Waals surface area contributed by atoms with Gasteiger partial charge >= 0.3 is 6.18 Å². The van der Waals surface area contributed by atoms with Gasteiger partial charge < -0.3 is 9.40 Å². The Hall–Kier alpha value is -2.94. The van der Waals surface area contributed by atoms with Crippen LogP contribution in [0.1, 0.15) is 22.4 Å². The van der Waals surface area contributed by atoms with Crippen molar-refractivity contribution in [2.45, 2.75) is 25.7 Å². The summed E-state index contributed by atoms with van der Waals surface area (Å²) in [7, 11) is 0. The number of nitrogens with one attached hydrogen (secondary N) is 1. The van der Waals surface area contributed by atoms with Crippen molar-refractivity contribution in [1.82, 2.24) is 14.9 Å². The van der Waals surface area contributed by atoms with Crippen LogP contribution in [0.5, 0.6) is 0 Å². The predicted molar refractivity (Wildman–Crippen MR) is 91.8 cm³/mol. The second kappa shape index (κ2) is 6.90. The number of hydrogen-bond donors (Lipinski definition) is 1. The summed E-state index contributed by atoms with van der Waals surface area (Å²) in [5, 5.41) is 0. The minimum atomic E-state index is -4.75. The van der Waals surface area contributed by atoms with Crippen LogP contribution >= 0.6 is 0 Å². The summed E-state index contributed by atoms with van der Waals surface area (Å²) in [4.78, 5) is 21.2. The van der Waals surface area contributed by atoms with Crippen LogP contribution in [-0.4, -0.2) is 21.4 Å². The SMILES string of the molecule is O=c1[nH]c(-c2ccco2)nc2c1CCN(Cc1cccc(C(F)(F)F)c1F)C2. The molecule has 1 N–H and O–H groups in total. The first-order chi connectivity index (χ1) is 13.3. The van der Waals surface area contributed by atoms with Gasteiger partial charge in [-0.3, -0.25) is 9.69 Å². The first-order valence-corrected chi connectivity index (χ1v) is 8.56. The van der Waals surface area contributed by atoms with Crippen LogP contribution in [0, 0.1) is 5.82 Å². The molecule has 0 spiro atoms. The molecule has 0 atom stereocenters. The van der Waals surface area contributed by atoms with Crippen molar-refractivity contribution < 1.29 is 22.0 Å². The third kappa shape index (κ3) is 3.45. The van der Waals surface area contributed by atoms with Crippen molar-refractivity contribution in [3.05, 3.63) is 75.2 Å². The van der Waals surface area contributed by atoms with Crippen LogP contribution in [0.2, 0.25) is 0 Å². The Balaban J connectivity index is 1.61. The fourth-order valence-corrected chi connectivity index (χ4v) is 3.32. The molecule has 9 heteroatoms. The van der Waals surface area contributed by atoms with E-state index in [0.29, 0.717) is 30.0 Å². The molecule has 0 bridgehead atoms. The van der Waals surface area contributed by atoms with Crippen molar-refractivity contribution >= 4 is 0 Å². The lowest BCUT2D eigenvalue weighted by Crippen LogP contribution is -2.35. The van der Waals surface area contributed by atoms with Crippen molar-refractivity contribution in [3.63, 3.8) is 0 Å². The molecule has 1 aliphatic rings. The summed E-state index contributed by atoms with van der Waals surface area (Å²) in [5.41, 5.74) is -0.572. The molecule has 146 valence electrons. The molecule has 0 radical (unpaired) electrons. The molecule has 0 fully saturated rings. The third-order valence-electron chi connectivity index (χ3n) is 4.69. The van der Waals surface area contributed by atoms with Gasteiger partial charge in [-0.2, -0.15) is 13.2 Å². The quantitative estimate of drug-likeness (QED) is 0.689. The lowest BCUT2D eigenvalue weighted by molar-refractivity contribution is -0.140. The van der Waals surface area contributed by atoms with Crippen molar-refractivity contribution in [3.8, 4) is 11.6 Å². The van der Waals surface area contributed by atoms with Gasteiger partial charge in [0.15, 0.2) is 11.6 Å². The zero-order chi connectivity index (χ0) is 19.9. The molecule has 1 aliphatic heterocycles. The van der Waals surface area contributed by atoms with E-state index in [1.165, 1.54) is 18.4 Å². The Kier molecular flexibility index (Phi) is 4.54. The molecule has 2 aromatic heterocycles. The number of H-pyrrole nitrogens is 1. The predicted octanol–water partition coefficient (Wildman–Crippen LogP) is 3.75. The average Bonchev–Trinajstić information content (AvgIpc) is 3.17. The van der Waals surface area contributed by atoms with E-state index in [1.807, 2.05) is 0 Å². The third-order valence-corrected chi connectivity index (χ3v) is 4.69. The van der Waals surface area contributed by atoms with Crippen LogP contribution in [0.25, 0.3) is 11.6 Å². The maximum absolute atomic E-state index is 14.3. The normalized spacial score (nSPS) is 14.9. The number of alkyl halides is 3. The fraction of sp³-hybridized carbons (Fsp3) is 0.263. The Bertz CT molecular complexity index is 1060. The van der Waals surface area contributed by atoms with E-state index in [9.17, 15) is 22.4 Å². The van der Waals surface area contributed by atoms with Gasteiger partial charge in [-0.1, -0.05) is 12.1 Å². The van der Waals surface area contributed by atoms with Crippen LogP contribution in [-0.2, 0) is 25.7 Å². The number of furan rings is 1. The number of benzene rings is 1.